The fraction of sp³-hybridized carbons (Fsp3) is 0.231. The predicted octanol–water partition coefficient (Wildman–Crippen LogP) is 7.13. The van der Waals surface area contributed by atoms with E-state index in [2.05, 4.69) is 26.0 Å². The lowest BCUT2D eigenvalue weighted by molar-refractivity contribution is -0.274. The molecule has 1 amide bonds. The van der Waals surface area contributed by atoms with E-state index in [1.807, 2.05) is 30.3 Å². The highest BCUT2D eigenvalue weighted by atomic mass is 35.5. The SMILES string of the molecule is O=C(NCc1cnc(Cl)s1)n1c2c(c3ccc(OC(F)(F)F)cc31)CN(CC=Cc1ccc(Cl)cc1)CC2. The third kappa shape index (κ3) is 6.15. The number of alkyl halides is 3. The Balaban J connectivity index is 1.42. The summed E-state index contributed by atoms with van der Waals surface area (Å²) in [7, 11) is 0. The van der Waals surface area contributed by atoms with E-state index in [1.165, 1.54) is 28.0 Å². The Morgan fingerprint density at radius 3 is 2.68 bits per heavy atom. The van der Waals surface area contributed by atoms with Crippen molar-refractivity contribution in [2.75, 3.05) is 13.1 Å². The number of halogens is 5. The highest BCUT2D eigenvalue weighted by Crippen LogP contribution is 2.34. The van der Waals surface area contributed by atoms with Gasteiger partial charge < -0.3 is 10.1 Å². The van der Waals surface area contributed by atoms with Crippen LogP contribution in [0.5, 0.6) is 5.75 Å². The van der Waals surface area contributed by atoms with Crippen molar-refractivity contribution in [2.24, 2.45) is 0 Å². The molecule has 0 saturated heterocycles. The van der Waals surface area contributed by atoms with E-state index < -0.39 is 12.4 Å². The fourth-order valence-corrected chi connectivity index (χ4v) is 5.54. The minimum absolute atomic E-state index is 0.192. The van der Waals surface area contributed by atoms with Crippen LogP contribution in [0.15, 0.2) is 54.7 Å². The molecule has 0 bridgehead atoms. The molecule has 0 fully saturated rings. The van der Waals surface area contributed by atoms with Gasteiger partial charge in [-0.05, 0) is 35.4 Å². The van der Waals surface area contributed by atoms with Crippen molar-refractivity contribution in [2.45, 2.75) is 25.9 Å². The second-order valence-electron chi connectivity index (χ2n) is 8.66. The molecule has 2 aromatic heterocycles. The summed E-state index contributed by atoms with van der Waals surface area (Å²) < 4.78 is 44.7. The maximum Gasteiger partial charge on any atom is 0.573 e. The molecule has 0 unspecified atom stereocenters. The Kier molecular flexibility index (Phi) is 7.67. The molecule has 4 aromatic rings. The summed E-state index contributed by atoms with van der Waals surface area (Å²) in [4.78, 5) is 20.2. The lowest BCUT2D eigenvalue weighted by Crippen LogP contribution is -2.34. The van der Waals surface area contributed by atoms with E-state index in [1.54, 1.807) is 12.3 Å². The zero-order valence-electron chi connectivity index (χ0n) is 19.8. The van der Waals surface area contributed by atoms with Gasteiger partial charge in [-0.15, -0.1) is 24.5 Å². The van der Waals surface area contributed by atoms with E-state index >= 15 is 0 Å². The molecule has 198 valence electrons. The summed E-state index contributed by atoms with van der Waals surface area (Å²) >= 11 is 13.1. The maximum atomic E-state index is 13.3. The summed E-state index contributed by atoms with van der Waals surface area (Å²) in [6.07, 6.45) is 1.34. The topological polar surface area (TPSA) is 59.4 Å². The number of nitrogens with zero attached hydrogens (tertiary/aromatic N) is 3. The average molecular weight is 581 g/mol. The molecule has 0 saturated carbocycles. The molecule has 3 heterocycles. The third-order valence-corrected chi connectivity index (χ3v) is 7.49. The standard InChI is InChI=1S/C26H21Cl2F3N4O2S/c27-17-5-3-16(4-6-17)2-1-10-34-11-9-22-21(15-34)20-8-7-18(37-26(29,30)31)12-23(20)35(22)25(36)33-14-19-13-32-24(28)38-19/h1-8,12-13H,9-11,14-15H2,(H,33,36). The van der Waals surface area contributed by atoms with Gasteiger partial charge in [0, 0.05) is 59.3 Å². The first-order valence-electron chi connectivity index (χ1n) is 11.6. The smallest absolute Gasteiger partial charge is 0.406 e. The van der Waals surface area contributed by atoms with Crippen molar-refractivity contribution in [1.29, 1.82) is 0 Å². The van der Waals surface area contributed by atoms with Gasteiger partial charge in [0.05, 0.1) is 12.1 Å². The van der Waals surface area contributed by atoms with E-state index in [9.17, 15) is 18.0 Å². The largest absolute Gasteiger partial charge is 0.573 e. The van der Waals surface area contributed by atoms with Crippen molar-refractivity contribution < 1.29 is 22.7 Å². The molecular weight excluding hydrogens is 560 g/mol. The third-order valence-electron chi connectivity index (χ3n) is 6.12. The van der Waals surface area contributed by atoms with Crippen LogP contribution in [0.4, 0.5) is 18.0 Å². The molecule has 0 atom stereocenters. The number of carbonyl (C=O) groups excluding carboxylic acids is 1. The molecule has 1 aliphatic rings. The van der Waals surface area contributed by atoms with Crippen LogP contribution in [0.25, 0.3) is 17.0 Å². The van der Waals surface area contributed by atoms with Crippen LogP contribution < -0.4 is 10.1 Å². The molecule has 1 N–H and O–H groups in total. The van der Waals surface area contributed by atoms with Crippen LogP contribution in [-0.4, -0.2) is 39.9 Å². The quantitative estimate of drug-likeness (QED) is 0.263. The number of hydrogen-bond acceptors (Lipinski definition) is 5. The minimum atomic E-state index is -4.84. The molecule has 38 heavy (non-hydrogen) atoms. The number of fused-ring (bicyclic) bond motifs is 3. The van der Waals surface area contributed by atoms with Gasteiger partial charge in [-0.3, -0.25) is 9.47 Å². The number of hydrogen-bond donors (Lipinski definition) is 1. The van der Waals surface area contributed by atoms with E-state index in [0.29, 0.717) is 46.4 Å². The first-order valence-corrected chi connectivity index (χ1v) is 13.2. The highest BCUT2D eigenvalue weighted by Gasteiger charge is 2.32. The summed E-state index contributed by atoms with van der Waals surface area (Å²) in [5.41, 5.74) is 3.05. The van der Waals surface area contributed by atoms with Crippen LogP contribution in [-0.2, 0) is 19.5 Å². The number of aromatic nitrogens is 2. The molecule has 1 aliphatic heterocycles. The number of amides is 1. The van der Waals surface area contributed by atoms with Crippen LogP contribution in [0.1, 0.15) is 21.7 Å². The zero-order chi connectivity index (χ0) is 26.9. The van der Waals surface area contributed by atoms with Crippen LogP contribution in [0.3, 0.4) is 0 Å². The lowest BCUT2D eigenvalue weighted by Gasteiger charge is -2.27. The molecule has 6 nitrogen and oxygen atoms in total. The van der Waals surface area contributed by atoms with Gasteiger partial charge >= 0.3 is 12.4 Å². The van der Waals surface area contributed by atoms with Gasteiger partial charge in [0.25, 0.3) is 0 Å². The number of carbonyl (C=O) groups is 1. The Morgan fingerprint density at radius 1 is 1.18 bits per heavy atom. The van der Waals surface area contributed by atoms with E-state index in [-0.39, 0.29) is 12.3 Å². The van der Waals surface area contributed by atoms with Crippen molar-refractivity contribution >= 4 is 57.5 Å². The van der Waals surface area contributed by atoms with Crippen molar-refractivity contribution in [3.8, 4) is 5.75 Å². The second kappa shape index (κ2) is 11.0. The van der Waals surface area contributed by atoms with Gasteiger partial charge in [0.1, 0.15) is 5.75 Å². The maximum absolute atomic E-state index is 13.3. The molecular formula is C26H21Cl2F3N4O2S. The Bertz CT molecular complexity index is 1500. The molecule has 5 rings (SSSR count). The van der Waals surface area contributed by atoms with Gasteiger partial charge in [0.2, 0.25) is 0 Å². The van der Waals surface area contributed by atoms with Crippen LogP contribution in [0.2, 0.25) is 9.49 Å². The number of benzene rings is 2. The van der Waals surface area contributed by atoms with Gasteiger partial charge in [-0.2, -0.15) is 0 Å². The Morgan fingerprint density at radius 2 is 1.97 bits per heavy atom. The molecule has 0 spiro atoms. The second-order valence-corrected chi connectivity index (χ2v) is 10.8. The van der Waals surface area contributed by atoms with Gasteiger partial charge in [-0.25, -0.2) is 9.78 Å². The normalized spacial score (nSPS) is 14.2. The zero-order valence-corrected chi connectivity index (χ0v) is 22.1. The van der Waals surface area contributed by atoms with Crippen molar-refractivity contribution in [1.82, 2.24) is 19.8 Å². The van der Waals surface area contributed by atoms with Crippen LogP contribution >= 0.6 is 34.5 Å². The summed E-state index contributed by atoms with van der Waals surface area (Å²) in [6, 6.07) is 11.2. The average Bonchev–Trinajstić information content (AvgIpc) is 3.43. The van der Waals surface area contributed by atoms with Crippen LogP contribution in [0, 0.1) is 0 Å². The number of nitrogens with one attached hydrogen (secondary N) is 1. The number of thiazole rings is 1. The number of rotatable bonds is 6. The van der Waals surface area contributed by atoms with Gasteiger partial charge in [-0.1, -0.05) is 47.5 Å². The van der Waals surface area contributed by atoms with E-state index in [0.717, 1.165) is 21.7 Å². The van der Waals surface area contributed by atoms with Crippen molar-refractivity contribution in [3.05, 3.63) is 85.9 Å². The Hall–Kier alpha value is -3.05. The van der Waals surface area contributed by atoms with E-state index in [4.69, 9.17) is 23.2 Å². The van der Waals surface area contributed by atoms with Gasteiger partial charge in [0.15, 0.2) is 4.47 Å². The summed E-state index contributed by atoms with van der Waals surface area (Å²) in [5, 5.41) is 4.21. The first kappa shape index (κ1) is 26.6. The molecule has 0 radical (unpaired) electrons. The minimum Gasteiger partial charge on any atom is -0.406 e. The first-order chi connectivity index (χ1) is 18.2. The predicted molar refractivity (Wildman–Crippen MR) is 143 cm³/mol. The molecule has 12 heteroatoms. The van der Waals surface area contributed by atoms with Crippen molar-refractivity contribution in [3.63, 3.8) is 0 Å². The highest BCUT2D eigenvalue weighted by molar-refractivity contribution is 7.15. The fourth-order valence-electron chi connectivity index (χ4n) is 4.50. The monoisotopic (exact) mass is 580 g/mol. The molecule has 2 aromatic carbocycles. The summed E-state index contributed by atoms with van der Waals surface area (Å²) in [5.74, 6) is -0.383. The number of ether oxygens (including phenoxy) is 1. The summed E-state index contributed by atoms with van der Waals surface area (Å²) in [6.45, 7) is 2.08. The molecule has 0 aliphatic carbocycles. The lowest BCUT2D eigenvalue weighted by atomic mass is 10.0. The Labute approximate surface area is 230 Å².